The summed E-state index contributed by atoms with van der Waals surface area (Å²) >= 11 is 6.06. The molecule has 0 radical (unpaired) electrons. The molecule has 28 heavy (non-hydrogen) atoms. The van der Waals surface area contributed by atoms with E-state index < -0.39 is 12.0 Å². The Morgan fingerprint density at radius 3 is 2.39 bits per heavy atom. The van der Waals surface area contributed by atoms with E-state index in [1.165, 1.54) is 4.90 Å². The quantitative estimate of drug-likeness (QED) is 0.745. The molecule has 2 amide bonds. The Morgan fingerprint density at radius 1 is 0.964 bits per heavy atom. The summed E-state index contributed by atoms with van der Waals surface area (Å²) in [7, 11) is 1.57. The second-order valence-electron chi connectivity index (χ2n) is 7.36. The molecule has 0 aromatic heterocycles. The summed E-state index contributed by atoms with van der Waals surface area (Å²) < 4.78 is 5.27. The number of halogens is 1. The lowest BCUT2D eigenvalue weighted by molar-refractivity contribution is -0.126. The average Bonchev–Trinajstić information content (AvgIpc) is 3.35. The molecule has 0 bridgehead atoms. The lowest BCUT2D eigenvalue weighted by atomic mass is 9.90. The monoisotopic (exact) mass is 397 g/mol. The van der Waals surface area contributed by atoms with E-state index in [2.05, 4.69) is 10.0 Å². The Labute approximate surface area is 168 Å². The van der Waals surface area contributed by atoms with Gasteiger partial charge in [-0.3, -0.25) is 9.59 Å². The molecule has 0 unspecified atom stereocenters. The molecule has 5 rings (SSSR count). The second-order valence-corrected chi connectivity index (χ2v) is 7.80. The minimum atomic E-state index is -0.457. The first-order valence-electron chi connectivity index (χ1n) is 9.40. The van der Waals surface area contributed by atoms with Crippen LogP contribution in [0.25, 0.3) is 0 Å². The third-order valence-electron chi connectivity index (χ3n) is 5.93. The van der Waals surface area contributed by atoms with Crippen LogP contribution in [0.5, 0.6) is 5.75 Å². The van der Waals surface area contributed by atoms with Crippen molar-refractivity contribution in [3.8, 4) is 5.75 Å². The van der Waals surface area contributed by atoms with Crippen molar-refractivity contribution in [2.45, 2.75) is 18.5 Å². The summed E-state index contributed by atoms with van der Waals surface area (Å²) in [5.41, 5.74) is 1.57. The molecule has 3 heterocycles. The van der Waals surface area contributed by atoms with Crippen LogP contribution < -0.4 is 9.64 Å². The van der Waals surface area contributed by atoms with E-state index >= 15 is 0 Å². The molecule has 3 aliphatic heterocycles. The molecular formula is C21H20ClN3O3. The van der Waals surface area contributed by atoms with Gasteiger partial charge in [-0.05, 0) is 36.2 Å². The number of methoxy groups -OCH3 is 1. The van der Waals surface area contributed by atoms with Gasteiger partial charge in [-0.1, -0.05) is 29.8 Å². The summed E-state index contributed by atoms with van der Waals surface area (Å²) in [5.74, 6) is -0.128. The fourth-order valence-electron chi connectivity index (χ4n) is 4.78. The summed E-state index contributed by atoms with van der Waals surface area (Å²) in [6, 6.07) is 14.1. The fraction of sp³-hybridized carbons (Fsp3) is 0.333. The van der Waals surface area contributed by atoms with Crippen LogP contribution in [0.15, 0.2) is 48.5 Å². The van der Waals surface area contributed by atoms with Crippen molar-refractivity contribution < 1.29 is 14.3 Å². The van der Waals surface area contributed by atoms with E-state index in [-0.39, 0.29) is 17.9 Å². The summed E-state index contributed by atoms with van der Waals surface area (Å²) in [6.45, 7) is 1.64. The van der Waals surface area contributed by atoms with E-state index in [0.29, 0.717) is 16.5 Å². The van der Waals surface area contributed by atoms with Crippen LogP contribution in [-0.4, -0.2) is 48.1 Å². The van der Waals surface area contributed by atoms with E-state index in [1.54, 1.807) is 31.4 Å². The van der Waals surface area contributed by atoms with Crippen molar-refractivity contribution in [3.05, 3.63) is 59.1 Å². The maximum atomic E-state index is 13.5. The van der Waals surface area contributed by atoms with Crippen LogP contribution in [0.3, 0.4) is 0 Å². The molecule has 2 aromatic carbocycles. The number of hydrogen-bond donors (Lipinski definition) is 0. The molecule has 0 aliphatic carbocycles. The van der Waals surface area contributed by atoms with Gasteiger partial charge in [0.15, 0.2) is 0 Å². The first-order chi connectivity index (χ1) is 13.6. The molecule has 0 saturated carbocycles. The zero-order valence-electron chi connectivity index (χ0n) is 15.4. The number of anilines is 1. The van der Waals surface area contributed by atoms with Gasteiger partial charge in [-0.15, -0.1) is 0 Å². The fourth-order valence-corrected chi connectivity index (χ4v) is 4.90. The molecule has 3 aliphatic rings. The highest BCUT2D eigenvalue weighted by Gasteiger charge is 2.62. The molecule has 3 atom stereocenters. The number of imide groups is 1. The zero-order chi connectivity index (χ0) is 19.4. The van der Waals surface area contributed by atoms with Gasteiger partial charge in [-0.2, -0.15) is 0 Å². The lowest BCUT2D eigenvalue weighted by Crippen LogP contribution is -2.44. The van der Waals surface area contributed by atoms with Crippen molar-refractivity contribution in [1.29, 1.82) is 0 Å². The minimum Gasteiger partial charge on any atom is -0.497 e. The van der Waals surface area contributed by atoms with Gasteiger partial charge in [0.25, 0.3) is 5.91 Å². The number of fused-ring (bicyclic) bond motifs is 3. The molecule has 0 N–H and O–H groups in total. The summed E-state index contributed by atoms with van der Waals surface area (Å²) in [6.07, 6.45) is 0.980. The highest BCUT2D eigenvalue weighted by molar-refractivity contribution is 6.30. The van der Waals surface area contributed by atoms with Crippen LogP contribution in [0.4, 0.5) is 5.69 Å². The number of ether oxygens (including phenoxy) is 1. The molecule has 6 nitrogen and oxygen atoms in total. The number of hydrazine groups is 1. The predicted octanol–water partition coefficient (Wildman–Crippen LogP) is 2.88. The van der Waals surface area contributed by atoms with E-state index in [9.17, 15) is 9.59 Å². The van der Waals surface area contributed by atoms with Crippen LogP contribution in [0.2, 0.25) is 5.02 Å². The van der Waals surface area contributed by atoms with E-state index in [1.807, 2.05) is 24.3 Å². The maximum absolute atomic E-state index is 13.5. The Kier molecular flexibility index (Phi) is 4.16. The number of carbonyl (C=O) groups excluding carboxylic acids is 2. The normalized spacial score (nSPS) is 27.4. The molecule has 0 spiro atoms. The molecule has 3 saturated heterocycles. The summed E-state index contributed by atoms with van der Waals surface area (Å²) in [4.78, 5) is 28.1. The van der Waals surface area contributed by atoms with Crippen molar-refractivity contribution >= 4 is 29.1 Å². The highest BCUT2D eigenvalue weighted by Crippen LogP contribution is 2.49. The van der Waals surface area contributed by atoms with Crippen molar-refractivity contribution in [3.63, 3.8) is 0 Å². The number of benzene rings is 2. The number of nitrogens with zero attached hydrogens (tertiary/aromatic N) is 3. The molecule has 144 valence electrons. The summed E-state index contributed by atoms with van der Waals surface area (Å²) in [5, 5.41) is 4.94. The molecular weight excluding hydrogens is 378 g/mol. The van der Waals surface area contributed by atoms with E-state index in [0.717, 1.165) is 25.1 Å². The second kappa shape index (κ2) is 6.58. The van der Waals surface area contributed by atoms with Crippen LogP contribution >= 0.6 is 11.6 Å². The molecule has 2 aromatic rings. The van der Waals surface area contributed by atoms with Gasteiger partial charge in [0.1, 0.15) is 11.8 Å². The first kappa shape index (κ1) is 17.7. The van der Waals surface area contributed by atoms with Gasteiger partial charge >= 0.3 is 0 Å². The zero-order valence-corrected chi connectivity index (χ0v) is 16.2. The van der Waals surface area contributed by atoms with Crippen LogP contribution in [0.1, 0.15) is 18.0 Å². The number of amides is 2. The Balaban J connectivity index is 1.57. The smallest absolute Gasteiger partial charge is 0.253 e. The average molecular weight is 398 g/mol. The van der Waals surface area contributed by atoms with Gasteiger partial charge in [-0.25, -0.2) is 14.9 Å². The van der Waals surface area contributed by atoms with Crippen molar-refractivity contribution in [2.75, 3.05) is 25.1 Å². The third kappa shape index (κ3) is 2.49. The minimum absolute atomic E-state index is 0.155. The predicted molar refractivity (Wildman–Crippen MR) is 105 cm³/mol. The van der Waals surface area contributed by atoms with Gasteiger partial charge in [0.2, 0.25) is 5.91 Å². The van der Waals surface area contributed by atoms with Crippen molar-refractivity contribution in [1.82, 2.24) is 10.0 Å². The van der Waals surface area contributed by atoms with E-state index in [4.69, 9.17) is 16.3 Å². The highest BCUT2D eigenvalue weighted by atomic mass is 35.5. The lowest BCUT2D eigenvalue weighted by Gasteiger charge is -2.29. The molecule has 3 fully saturated rings. The SMILES string of the molecule is COc1cccc(N2C(=O)[C@H]3[C@H](C2=O)N2CCCN2[C@H]3c2ccc(Cl)cc2)c1. The number of carbonyl (C=O) groups is 2. The topological polar surface area (TPSA) is 53.1 Å². The van der Waals surface area contributed by atoms with Crippen LogP contribution in [0, 0.1) is 5.92 Å². The van der Waals surface area contributed by atoms with Gasteiger partial charge in [0.05, 0.1) is 24.8 Å². The largest absolute Gasteiger partial charge is 0.497 e. The maximum Gasteiger partial charge on any atom is 0.253 e. The van der Waals surface area contributed by atoms with Crippen LogP contribution in [-0.2, 0) is 9.59 Å². The Bertz CT molecular complexity index is 948. The third-order valence-corrected chi connectivity index (χ3v) is 6.18. The van der Waals surface area contributed by atoms with Crippen molar-refractivity contribution in [2.24, 2.45) is 5.92 Å². The first-order valence-corrected chi connectivity index (χ1v) is 9.78. The Hall–Kier alpha value is -2.41. The van der Waals surface area contributed by atoms with Gasteiger partial charge in [0, 0.05) is 24.2 Å². The Morgan fingerprint density at radius 2 is 1.68 bits per heavy atom. The standard InChI is InChI=1S/C21H20ClN3O3/c1-28-16-5-2-4-15(12-16)25-20(26)17-18(13-6-8-14(22)9-7-13)23-10-3-11-24(23)19(17)21(25)27/h2,4-9,12,17-19H,3,10-11H2,1H3/t17-,18+,19-/m1/s1. The molecule has 7 heteroatoms. The number of rotatable bonds is 3. The van der Waals surface area contributed by atoms with Gasteiger partial charge < -0.3 is 4.74 Å². The number of hydrogen-bond acceptors (Lipinski definition) is 5.